The first kappa shape index (κ1) is 12.7. The van der Waals surface area contributed by atoms with E-state index < -0.39 is 10.0 Å². The molecule has 0 bridgehead atoms. The molecule has 0 spiro atoms. The molecular weight excluding hydrogens is 268 g/mol. The first-order chi connectivity index (χ1) is 9.07. The van der Waals surface area contributed by atoms with Crippen LogP contribution in [0.1, 0.15) is 6.92 Å². The fourth-order valence-electron chi connectivity index (χ4n) is 2.30. The monoisotopic (exact) mass is 284 g/mol. The van der Waals surface area contributed by atoms with Crippen LogP contribution in [0.2, 0.25) is 0 Å². The number of sulfonamides is 1. The van der Waals surface area contributed by atoms with Crippen LogP contribution in [0.25, 0.3) is 0 Å². The van der Waals surface area contributed by atoms with Gasteiger partial charge in [0.1, 0.15) is 0 Å². The Kier molecular flexibility index (Phi) is 3.12. The van der Waals surface area contributed by atoms with Crippen molar-refractivity contribution in [2.45, 2.75) is 17.9 Å². The normalized spacial score (nSPS) is 23.5. The molecule has 0 aromatic heterocycles. The summed E-state index contributed by atoms with van der Waals surface area (Å²) in [6.07, 6.45) is 0. The highest BCUT2D eigenvalue weighted by Gasteiger charge is 2.29. The molecule has 1 N–H and O–H groups in total. The first-order valence-corrected chi connectivity index (χ1v) is 7.64. The Hall–Kier alpha value is -1.31. The summed E-state index contributed by atoms with van der Waals surface area (Å²) in [7, 11) is -3.46. The number of hydrogen-bond donors (Lipinski definition) is 1. The van der Waals surface area contributed by atoms with E-state index in [-0.39, 0.29) is 17.7 Å². The van der Waals surface area contributed by atoms with Crippen LogP contribution in [0.4, 0.5) is 0 Å². The van der Waals surface area contributed by atoms with Crippen LogP contribution in [0.15, 0.2) is 23.1 Å². The fourth-order valence-corrected chi connectivity index (χ4v) is 3.85. The van der Waals surface area contributed by atoms with Gasteiger partial charge in [0.05, 0.1) is 4.90 Å². The number of ether oxygens (including phenoxy) is 2. The first-order valence-electron chi connectivity index (χ1n) is 6.20. The third-order valence-corrected chi connectivity index (χ3v) is 5.17. The van der Waals surface area contributed by atoms with Gasteiger partial charge in [-0.15, -0.1) is 0 Å². The van der Waals surface area contributed by atoms with E-state index in [2.05, 4.69) is 5.32 Å². The van der Waals surface area contributed by atoms with Crippen molar-refractivity contribution in [2.24, 2.45) is 0 Å². The Bertz CT molecular complexity index is 587. The molecule has 3 rings (SSSR count). The van der Waals surface area contributed by atoms with Crippen LogP contribution >= 0.6 is 0 Å². The molecular formula is C12H16N2O4S. The quantitative estimate of drug-likeness (QED) is 0.851. The minimum Gasteiger partial charge on any atom is -0.454 e. The SMILES string of the molecule is CC1CN(S(=O)(=O)c2ccc3c(c2)OCO3)CCN1. The lowest BCUT2D eigenvalue weighted by atomic mass is 10.3. The van der Waals surface area contributed by atoms with Crippen LogP contribution in [0.5, 0.6) is 11.5 Å². The van der Waals surface area contributed by atoms with Crippen molar-refractivity contribution < 1.29 is 17.9 Å². The molecule has 0 amide bonds. The summed E-state index contributed by atoms with van der Waals surface area (Å²) < 4.78 is 37.0. The summed E-state index contributed by atoms with van der Waals surface area (Å²) in [5.74, 6) is 1.08. The maximum atomic E-state index is 12.5. The van der Waals surface area contributed by atoms with E-state index in [9.17, 15) is 8.42 Å². The second kappa shape index (κ2) is 4.66. The zero-order chi connectivity index (χ0) is 13.5. The molecule has 0 aliphatic carbocycles. The smallest absolute Gasteiger partial charge is 0.243 e. The highest BCUT2D eigenvalue weighted by molar-refractivity contribution is 7.89. The zero-order valence-electron chi connectivity index (χ0n) is 10.6. The van der Waals surface area contributed by atoms with Gasteiger partial charge in [-0.1, -0.05) is 0 Å². The third kappa shape index (κ3) is 2.29. The van der Waals surface area contributed by atoms with Gasteiger partial charge in [0.25, 0.3) is 0 Å². The molecule has 1 atom stereocenters. The number of hydrogen-bond acceptors (Lipinski definition) is 5. The minimum atomic E-state index is -3.46. The molecule has 0 radical (unpaired) electrons. The second-order valence-electron chi connectivity index (χ2n) is 4.73. The van der Waals surface area contributed by atoms with Crippen molar-refractivity contribution in [3.63, 3.8) is 0 Å². The van der Waals surface area contributed by atoms with E-state index in [1.54, 1.807) is 12.1 Å². The van der Waals surface area contributed by atoms with Crippen LogP contribution < -0.4 is 14.8 Å². The third-order valence-electron chi connectivity index (χ3n) is 3.31. The van der Waals surface area contributed by atoms with E-state index in [1.807, 2.05) is 6.92 Å². The van der Waals surface area contributed by atoms with Crippen LogP contribution in [0.3, 0.4) is 0 Å². The van der Waals surface area contributed by atoms with Gasteiger partial charge < -0.3 is 14.8 Å². The van der Waals surface area contributed by atoms with Gasteiger partial charge >= 0.3 is 0 Å². The lowest BCUT2D eigenvalue weighted by Crippen LogP contribution is -2.51. The molecule has 2 aliphatic heterocycles. The largest absolute Gasteiger partial charge is 0.454 e. The van der Waals surface area contributed by atoms with Crippen molar-refractivity contribution in [3.05, 3.63) is 18.2 Å². The van der Waals surface area contributed by atoms with Gasteiger partial charge in [-0.25, -0.2) is 8.42 Å². The molecule has 2 heterocycles. The predicted octanol–water partition coefficient (Wildman–Crippen LogP) is 0.398. The maximum absolute atomic E-state index is 12.5. The number of rotatable bonds is 2. The maximum Gasteiger partial charge on any atom is 0.243 e. The molecule has 6 nitrogen and oxygen atoms in total. The molecule has 1 fully saturated rings. The van der Waals surface area contributed by atoms with Gasteiger partial charge in [-0.3, -0.25) is 0 Å². The molecule has 1 unspecified atom stereocenters. The van der Waals surface area contributed by atoms with Crippen molar-refractivity contribution in [2.75, 3.05) is 26.4 Å². The summed E-state index contributed by atoms with van der Waals surface area (Å²) in [4.78, 5) is 0.255. The van der Waals surface area contributed by atoms with E-state index in [0.29, 0.717) is 31.1 Å². The van der Waals surface area contributed by atoms with E-state index in [1.165, 1.54) is 10.4 Å². The van der Waals surface area contributed by atoms with E-state index in [4.69, 9.17) is 9.47 Å². The number of fused-ring (bicyclic) bond motifs is 1. The average Bonchev–Trinajstić information content (AvgIpc) is 2.85. The molecule has 104 valence electrons. The lowest BCUT2D eigenvalue weighted by molar-refractivity contribution is 0.174. The molecule has 19 heavy (non-hydrogen) atoms. The molecule has 1 saturated heterocycles. The van der Waals surface area contributed by atoms with Gasteiger partial charge in [-0.05, 0) is 19.1 Å². The van der Waals surface area contributed by atoms with Crippen LogP contribution in [-0.2, 0) is 10.0 Å². The van der Waals surface area contributed by atoms with Crippen molar-refractivity contribution in [1.29, 1.82) is 0 Å². The second-order valence-corrected chi connectivity index (χ2v) is 6.67. The zero-order valence-corrected chi connectivity index (χ0v) is 11.4. The Morgan fingerprint density at radius 3 is 2.89 bits per heavy atom. The van der Waals surface area contributed by atoms with Crippen LogP contribution in [-0.4, -0.2) is 45.2 Å². The van der Waals surface area contributed by atoms with E-state index >= 15 is 0 Å². The Balaban J connectivity index is 1.91. The van der Waals surface area contributed by atoms with Crippen molar-refractivity contribution in [1.82, 2.24) is 9.62 Å². The Morgan fingerprint density at radius 1 is 1.32 bits per heavy atom. The fraction of sp³-hybridized carbons (Fsp3) is 0.500. The summed E-state index contributed by atoms with van der Waals surface area (Å²) in [5.41, 5.74) is 0. The molecule has 1 aromatic rings. The predicted molar refractivity (Wildman–Crippen MR) is 68.8 cm³/mol. The highest BCUT2D eigenvalue weighted by atomic mass is 32.2. The molecule has 7 heteroatoms. The Labute approximate surface area is 112 Å². The number of nitrogens with one attached hydrogen (secondary N) is 1. The van der Waals surface area contributed by atoms with Crippen molar-refractivity contribution in [3.8, 4) is 11.5 Å². The van der Waals surface area contributed by atoms with Crippen LogP contribution in [0, 0.1) is 0 Å². The minimum absolute atomic E-state index is 0.142. The summed E-state index contributed by atoms with van der Waals surface area (Å²) in [6, 6.07) is 4.90. The number of piperazine rings is 1. The van der Waals surface area contributed by atoms with E-state index in [0.717, 1.165) is 0 Å². The molecule has 0 saturated carbocycles. The summed E-state index contributed by atoms with van der Waals surface area (Å²) in [5, 5.41) is 3.23. The topological polar surface area (TPSA) is 67.9 Å². The lowest BCUT2D eigenvalue weighted by Gasteiger charge is -2.31. The summed E-state index contributed by atoms with van der Waals surface area (Å²) >= 11 is 0. The summed E-state index contributed by atoms with van der Waals surface area (Å²) in [6.45, 7) is 3.76. The average molecular weight is 284 g/mol. The number of benzene rings is 1. The Morgan fingerprint density at radius 2 is 2.11 bits per heavy atom. The van der Waals surface area contributed by atoms with Crippen molar-refractivity contribution >= 4 is 10.0 Å². The van der Waals surface area contributed by atoms with Gasteiger partial charge in [0, 0.05) is 31.7 Å². The molecule has 2 aliphatic rings. The highest BCUT2D eigenvalue weighted by Crippen LogP contribution is 2.34. The van der Waals surface area contributed by atoms with Gasteiger partial charge in [0.2, 0.25) is 16.8 Å². The number of nitrogens with zero attached hydrogens (tertiary/aromatic N) is 1. The molecule has 1 aromatic carbocycles. The van der Waals surface area contributed by atoms with Gasteiger partial charge in [-0.2, -0.15) is 4.31 Å². The standard InChI is InChI=1S/C12H16N2O4S/c1-9-7-14(5-4-13-9)19(15,16)10-2-3-11-12(6-10)18-8-17-11/h2-3,6,9,13H,4-5,7-8H2,1H3. The van der Waals surface area contributed by atoms with Gasteiger partial charge in [0.15, 0.2) is 11.5 Å².